The summed E-state index contributed by atoms with van der Waals surface area (Å²) in [5.41, 5.74) is 6.32. The first-order valence-electron chi connectivity index (χ1n) is 9.57. The van der Waals surface area contributed by atoms with Crippen LogP contribution < -0.4 is 10.6 Å². The number of aliphatic imine (C=N–C) groups is 1. The normalized spacial score (nSPS) is 20.5. The van der Waals surface area contributed by atoms with E-state index in [0.717, 1.165) is 37.9 Å². The number of aromatic nitrogens is 1. The number of hydrogen-bond donors (Lipinski definition) is 1. The van der Waals surface area contributed by atoms with Gasteiger partial charge in [0.2, 0.25) is 0 Å². The van der Waals surface area contributed by atoms with Crippen molar-refractivity contribution in [3.8, 4) is 0 Å². The largest absolute Gasteiger partial charge is 0.370 e. The van der Waals surface area contributed by atoms with E-state index in [0.29, 0.717) is 17.9 Å². The summed E-state index contributed by atoms with van der Waals surface area (Å²) in [5.74, 6) is 1.41. The zero-order chi connectivity index (χ0) is 17.6. The van der Waals surface area contributed by atoms with E-state index in [4.69, 9.17) is 10.7 Å². The minimum absolute atomic E-state index is 0. The van der Waals surface area contributed by atoms with Crippen molar-refractivity contribution in [2.24, 2.45) is 16.6 Å². The van der Waals surface area contributed by atoms with Crippen molar-refractivity contribution >= 4 is 46.4 Å². The van der Waals surface area contributed by atoms with Gasteiger partial charge in [-0.05, 0) is 38.3 Å². The maximum Gasteiger partial charge on any atom is 0.191 e. The van der Waals surface area contributed by atoms with Crippen molar-refractivity contribution in [1.82, 2.24) is 14.8 Å². The molecule has 0 amide bonds. The maximum atomic E-state index is 6.32. The molecule has 6 nitrogen and oxygen atoms in total. The second-order valence-corrected chi connectivity index (χ2v) is 8.39. The van der Waals surface area contributed by atoms with E-state index in [1.54, 1.807) is 11.3 Å². The summed E-state index contributed by atoms with van der Waals surface area (Å²) in [6, 6.07) is 0.539. The SMILES string of the molecule is CC(C)CC(CN=C(N)N1CCN(c2nccs2)CC1)N1CCCC1.I. The molecule has 2 aliphatic heterocycles. The van der Waals surface area contributed by atoms with Gasteiger partial charge in [0, 0.05) is 43.8 Å². The van der Waals surface area contributed by atoms with Gasteiger partial charge in [0.05, 0.1) is 6.54 Å². The van der Waals surface area contributed by atoms with E-state index >= 15 is 0 Å². The van der Waals surface area contributed by atoms with Crippen molar-refractivity contribution < 1.29 is 0 Å². The Morgan fingerprint density at radius 1 is 1.19 bits per heavy atom. The Bertz CT molecular complexity index is 536. The number of guanidine groups is 1. The number of nitrogens with zero attached hydrogens (tertiary/aromatic N) is 5. The second kappa shape index (κ2) is 10.7. The van der Waals surface area contributed by atoms with E-state index in [1.807, 2.05) is 11.6 Å². The molecule has 148 valence electrons. The van der Waals surface area contributed by atoms with Crippen LogP contribution in [0.3, 0.4) is 0 Å². The Balaban J connectivity index is 0.00000243. The number of thiazole rings is 1. The Morgan fingerprint density at radius 2 is 1.88 bits per heavy atom. The molecule has 0 spiro atoms. The molecular formula is C18H33IN6S. The highest BCUT2D eigenvalue weighted by Gasteiger charge is 2.24. The number of anilines is 1. The number of hydrogen-bond acceptors (Lipinski definition) is 5. The third kappa shape index (κ3) is 5.95. The molecule has 1 aromatic rings. The predicted molar refractivity (Wildman–Crippen MR) is 122 cm³/mol. The van der Waals surface area contributed by atoms with Crippen LogP contribution >= 0.6 is 35.3 Å². The highest BCUT2D eigenvalue weighted by molar-refractivity contribution is 14.0. The van der Waals surface area contributed by atoms with Gasteiger partial charge in [0.1, 0.15) is 0 Å². The lowest BCUT2D eigenvalue weighted by Crippen LogP contribution is -2.51. The molecular weight excluding hydrogens is 459 g/mol. The van der Waals surface area contributed by atoms with E-state index in [-0.39, 0.29) is 24.0 Å². The van der Waals surface area contributed by atoms with Crippen molar-refractivity contribution in [1.29, 1.82) is 0 Å². The number of likely N-dealkylation sites (tertiary alicyclic amines) is 1. The Labute approximate surface area is 178 Å². The molecule has 0 radical (unpaired) electrons. The number of rotatable bonds is 6. The fraction of sp³-hybridized carbons (Fsp3) is 0.778. The number of nitrogens with two attached hydrogens (primary N) is 1. The Hall–Kier alpha value is -0.610. The molecule has 3 heterocycles. The fourth-order valence-electron chi connectivity index (χ4n) is 3.79. The smallest absolute Gasteiger partial charge is 0.191 e. The van der Waals surface area contributed by atoms with Crippen molar-refractivity contribution in [3.05, 3.63) is 11.6 Å². The van der Waals surface area contributed by atoms with Gasteiger partial charge in [-0.15, -0.1) is 35.3 Å². The molecule has 1 unspecified atom stereocenters. The number of piperazine rings is 1. The third-order valence-corrected chi connectivity index (χ3v) is 5.99. The van der Waals surface area contributed by atoms with Gasteiger partial charge < -0.3 is 15.5 Å². The summed E-state index contributed by atoms with van der Waals surface area (Å²) in [7, 11) is 0. The van der Waals surface area contributed by atoms with Gasteiger partial charge in [-0.25, -0.2) is 4.98 Å². The summed E-state index contributed by atoms with van der Waals surface area (Å²) >= 11 is 1.70. The molecule has 26 heavy (non-hydrogen) atoms. The van der Waals surface area contributed by atoms with E-state index in [1.165, 1.54) is 32.4 Å². The van der Waals surface area contributed by atoms with Gasteiger partial charge in [-0.1, -0.05) is 13.8 Å². The molecule has 2 fully saturated rings. The van der Waals surface area contributed by atoms with Crippen LogP contribution in [0.2, 0.25) is 0 Å². The van der Waals surface area contributed by atoms with Crippen molar-refractivity contribution in [3.63, 3.8) is 0 Å². The molecule has 2 saturated heterocycles. The van der Waals surface area contributed by atoms with Crippen LogP contribution in [-0.4, -0.2) is 72.6 Å². The van der Waals surface area contributed by atoms with Gasteiger partial charge in [-0.2, -0.15) is 0 Å². The molecule has 0 bridgehead atoms. The monoisotopic (exact) mass is 492 g/mol. The fourth-order valence-corrected chi connectivity index (χ4v) is 4.48. The van der Waals surface area contributed by atoms with Crippen LogP contribution in [0.5, 0.6) is 0 Å². The molecule has 0 aliphatic carbocycles. The minimum Gasteiger partial charge on any atom is -0.370 e. The highest BCUT2D eigenvalue weighted by Crippen LogP contribution is 2.20. The van der Waals surface area contributed by atoms with Crippen LogP contribution in [-0.2, 0) is 0 Å². The van der Waals surface area contributed by atoms with Gasteiger partial charge in [0.25, 0.3) is 0 Å². The molecule has 2 aliphatic rings. The third-order valence-electron chi connectivity index (χ3n) is 5.16. The lowest BCUT2D eigenvalue weighted by Gasteiger charge is -2.35. The zero-order valence-corrected chi connectivity index (χ0v) is 19.2. The Kier molecular flexibility index (Phi) is 8.89. The molecule has 0 saturated carbocycles. The van der Waals surface area contributed by atoms with Gasteiger partial charge in [0.15, 0.2) is 11.1 Å². The van der Waals surface area contributed by atoms with Crippen molar-refractivity contribution in [2.75, 3.05) is 50.7 Å². The van der Waals surface area contributed by atoms with E-state index in [2.05, 4.69) is 33.5 Å². The van der Waals surface area contributed by atoms with E-state index in [9.17, 15) is 0 Å². The predicted octanol–water partition coefficient (Wildman–Crippen LogP) is 2.71. The standard InChI is InChI=1S/C18H32N6S.HI/c1-15(2)13-16(22-6-3-4-7-22)14-21-17(19)23-8-10-24(11-9-23)18-20-5-12-25-18;/h5,12,15-16H,3-4,6-11,13-14H2,1-2H3,(H2,19,21);1H. The summed E-state index contributed by atoms with van der Waals surface area (Å²) in [5, 5.41) is 3.14. The topological polar surface area (TPSA) is 61.0 Å². The van der Waals surface area contributed by atoms with Crippen molar-refractivity contribution in [2.45, 2.75) is 39.2 Å². The summed E-state index contributed by atoms with van der Waals surface area (Å²) in [4.78, 5) is 16.3. The average molecular weight is 492 g/mol. The lowest BCUT2D eigenvalue weighted by atomic mass is 10.0. The average Bonchev–Trinajstić information content (AvgIpc) is 3.31. The first-order valence-corrected chi connectivity index (χ1v) is 10.4. The molecule has 8 heteroatoms. The summed E-state index contributed by atoms with van der Waals surface area (Å²) < 4.78 is 0. The first-order chi connectivity index (χ1) is 12.1. The molecule has 1 atom stereocenters. The van der Waals surface area contributed by atoms with Crippen LogP contribution in [0.15, 0.2) is 16.6 Å². The first kappa shape index (κ1) is 21.7. The van der Waals surface area contributed by atoms with E-state index < -0.39 is 0 Å². The molecule has 3 rings (SSSR count). The van der Waals surface area contributed by atoms with Gasteiger partial charge >= 0.3 is 0 Å². The number of halogens is 1. The zero-order valence-electron chi connectivity index (χ0n) is 16.0. The lowest BCUT2D eigenvalue weighted by molar-refractivity contribution is 0.218. The van der Waals surface area contributed by atoms with Gasteiger partial charge in [-0.3, -0.25) is 9.89 Å². The highest BCUT2D eigenvalue weighted by atomic mass is 127. The van der Waals surface area contributed by atoms with Crippen LogP contribution in [0, 0.1) is 5.92 Å². The molecule has 0 aromatic carbocycles. The van der Waals surface area contributed by atoms with Crippen LogP contribution in [0.25, 0.3) is 0 Å². The quantitative estimate of drug-likeness (QED) is 0.376. The summed E-state index contributed by atoms with van der Waals surface area (Å²) in [6.07, 6.45) is 5.73. The van der Waals surface area contributed by atoms with Crippen LogP contribution in [0.4, 0.5) is 5.13 Å². The Morgan fingerprint density at radius 3 is 2.46 bits per heavy atom. The molecule has 2 N–H and O–H groups in total. The van der Waals surface area contributed by atoms with Crippen LogP contribution in [0.1, 0.15) is 33.1 Å². The summed E-state index contributed by atoms with van der Waals surface area (Å²) in [6.45, 7) is 11.6. The maximum absolute atomic E-state index is 6.32. The molecule has 1 aromatic heterocycles. The second-order valence-electron chi connectivity index (χ2n) is 7.51. The minimum atomic E-state index is 0.